The number of fused-ring (bicyclic) bond motifs is 1. The summed E-state index contributed by atoms with van der Waals surface area (Å²) < 4.78 is 74.4. The third-order valence-corrected chi connectivity index (χ3v) is 9.65. The molecule has 0 spiro atoms. The molecule has 2 aromatic carbocycles. The van der Waals surface area contributed by atoms with Crippen molar-refractivity contribution in [3.63, 3.8) is 0 Å². The van der Waals surface area contributed by atoms with Gasteiger partial charge in [0, 0.05) is 80.9 Å². The van der Waals surface area contributed by atoms with Gasteiger partial charge in [-0.25, -0.2) is 0 Å². The number of carbonyl (C=O) groups is 10. The third-order valence-electron chi connectivity index (χ3n) is 9.65. The van der Waals surface area contributed by atoms with Crippen LogP contribution in [0.25, 0.3) is 22.3 Å². The van der Waals surface area contributed by atoms with E-state index < -0.39 is 161 Å². The van der Waals surface area contributed by atoms with Crippen molar-refractivity contribution >= 4 is 70.7 Å². The minimum Gasteiger partial charge on any atom is -0.456 e. The molecule has 2 saturated heterocycles. The number of hydrogen-bond donors (Lipinski definition) is 0. The Bertz CT molecular complexity index is 2660. The maximum absolute atomic E-state index is 14.9. The van der Waals surface area contributed by atoms with Crippen LogP contribution in [0.3, 0.4) is 0 Å². The van der Waals surface area contributed by atoms with E-state index >= 15 is 0 Å². The largest absolute Gasteiger partial charge is 0.456 e. The molecule has 0 bridgehead atoms. The Hall–Kier alpha value is -7.73. The highest BCUT2D eigenvalue weighted by molar-refractivity contribution is 5.95. The highest BCUT2D eigenvalue weighted by Gasteiger charge is 2.54. The van der Waals surface area contributed by atoms with Crippen LogP contribution >= 0.6 is 0 Å². The molecule has 1 aromatic heterocycles. The van der Waals surface area contributed by atoms with Gasteiger partial charge in [-0.05, 0) is 18.2 Å². The molecule has 69 heavy (non-hydrogen) atoms. The molecule has 2 aliphatic rings. The number of esters is 10. The first-order valence-corrected chi connectivity index (χ1v) is 20.7. The molecular weight excluding hydrogens is 924 g/mol. The van der Waals surface area contributed by atoms with Crippen molar-refractivity contribution in [2.45, 2.75) is 118 Å². The molecule has 24 heteroatoms. The van der Waals surface area contributed by atoms with E-state index in [1.165, 1.54) is 12.1 Å². The highest BCUT2D eigenvalue weighted by atomic mass is 16.7. The first kappa shape index (κ1) is 52.2. The fourth-order valence-corrected chi connectivity index (χ4v) is 7.66. The molecule has 0 N–H and O–H groups in total. The van der Waals surface area contributed by atoms with E-state index in [1.54, 1.807) is 0 Å². The monoisotopic (exact) mass is 970 g/mol. The summed E-state index contributed by atoms with van der Waals surface area (Å²) in [6.07, 6.45) is -14.0. The van der Waals surface area contributed by atoms with Crippen LogP contribution in [0, 0.1) is 0 Å². The van der Waals surface area contributed by atoms with Crippen LogP contribution in [-0.4, -0.2) is 110 Å². The summed E-state index contributed by atoms with van der Waals surface area (Å²) in [5.41, 5.74) is -2.91. The summed E-state index contributed by atoms with van der Waals surface area (Å²) in [6, 6.07) is 4.54. The Balaban J connectivity index is 2.04. The summed E-state index contributed by atoms with van der Waals surface area (Å²) in [5, 5.41) is -0.667. The van der Waals surface area contributed by atoms with E-state index in [4.69, 9.17) is 61.3 Å². The second-order valence-corrected chi connectivity index (χ2v) is 15.3. The zero-order chi connectivity index (χ0) is 51.2. The van der Waals surface area contributed by atoms with Gasteiger partial charge in [0.1, 0.15) is 29.1 Å². The second-order valence-electron chi connectivity index (χ2n) is 15.3. The summed E-state index contributed by atoms with van der Waals surface area (Å²) in [5.74, 6) is -12.1. The second kappa shape index (κ2) is 21.9. The molecule has 370 valence electrons. The maximum atomic E-state index is 14.9. The SMILES string of the molecule is CC(=O)Oc1ccc(-c2cc(=O)c3c(OC(C)=O)c([C@@H]4OC[C@@H](OC(C)=O)[C@H](OC(C)=O)[C@H]4OC(C)=O)c(OC(C)=O)c([C@@H]4OC[C@@H](OC(C)=O)[C@H](OC(C)=O)[C@H]4OC(C)=O)c3o2)cc1OC(C)=O. The lowest BCUT2D eigenvalue weighted by Gasteiger charge is -2.43. The molecule has 0 aliphatic carbocycles. The normalized spacial score (nSPS) is 21.9. The molecule has 8 atom stereocenters. The van der Waals surface area contributed by atoms with E-state index in [1.807, 2.05) is 0 Å². The van der Waals surface area contributed by atoms with E-state index in [-0.39, 0.29) is 22.8 Å². The summed E-state index contributed by atoms with van der Waals surface area (Å²) in [6.45, 7) is 8.63. The standard InChI is InChI=1S/C45H46O24/c1-17(46)59-29-12-11-27(13-31(29)60-18(2)47)30-14-28(56)34-39(65-23(7)52)35(42-44(67-25(9)54)37(63-21(5)50)32(15-57-42)61-19(3)48)41(66-24(8)53)36(40(34)69-30)43-45(68-26(10)55)38(64-22(6)51)33(16-58-43)62-20(4)49/h11-14,32-33,37-38,42-45H,15-16H2,1-10H3/t32-,33-,37+,38+,42+,43+,44-,45-/m1/s1. The van der Waals surface area contributed by atoms with E-state index in [0.717, 1.165) is 81.4 Å². The van der Waals surface area contributed by atoms with Crippen LogP contribution in [-0.2, 0) is 85.8 Å². The average Bonchev–Trinajstić information content (AvgIpc) is 3.20. The van der Waals surface area contributed by atoms with Crippen LogP contribution in [0.15, 0.2) is 33.5 Å². The molecule has 0 saturated carbocycles. The lowest BCUT2D eigenvalue weighted by molar-refractivity contribution is -0.228. The fraction of sp³-hybridized carbons (Fsp3) is 0.444. The van der Waals surface area contributed by atoms with Crippen molar-refractivity contribution in [2.75, 3.05) is 13.2 Å². The molecule has 3 aromatic rings. The van der Waals surface area contributed by atoms with Crippen LogP contribution in [0.1, 0.15) is 92.6 Å². The predicted octanol–water partition coefficient (Wildman–Crippen LogP) is 2.89. The number of ether oxygens (including phenoxy) is 12. The smallest absolute Gasteiger partial charge is 0.308 e. The fourth-order valence-electron chi connectivity index (χ4n) is 7.66. The molecule has 2 aliphatic heterocycles. The number of hydrogen-bond acceptors (Lipinski definition) is 24. The van der Waals surface area contributed by atoms with Gasteiger partial charge in [-0.3, -0.25) is 52.7 Å². The summed E-state index contributed by atoms with van der Waals surface area (Å²) in [4.78, 5) is 141. The first-order valence-electron chi connectivity index (χ1n) is 20.7. The Labute approximate surface area is 390 Å². The van der Waals surface area contributed by atoms with Crippen molar-refractivity contribution in [1.29, 1.82) is 0 Å². The van der Waals surface area contributed by atoms with Crippen molar-refractivity contribution in [3.8, 4) is 34.3 Å². The van der Waals surface area contributed by atoms with Gasteiger partial charge in [-0.1, -0.05) is 0 Å². The molecule has 0 radical (unpaired) electrons. The van der Waals surface area contributed by atoms with Gasteiger partial charge in [0.15, 0.2) is 64.9 Å². The lowest BCUT2D eigenvalue weighted by atomic mass is 9.86. The molecular formula is C45H46O24. The predicted molar refractivity (Wildman–Crippen MR) is 224 cm³/mol. The number of rotatable bonds is 13. The van der Waals surface area contributed by atoms with Gasteiger partial charge in [0.2, 0.25) is 0 Å². The zero-order valence-electron chi connectivity index (χ0n) is 38.6. The molecule has 24 nitrogen and oxygen atoms in total. The van der Waals surface area contributed by atoms with E-state index in [2.05, 4.69) is 0 Å². The van der Waals surface area contributed by atoms with Crippen molar-refractivity contribution in [1.82, 2.24) is 0 Å². The minimum absolute atomic E-state index is 0.0423. The number of benzene rings is 2. The molecule has 0 unspecified atom stereocenters. The molecule has 0 amide bonds. The third kappa shape index (κ3) is 12.6. The van der Waals surface area contributed by atoms with Gasteiger partial charge >= 0.3 is 59.7 Å². The zero-order valence-corrected chi connectivity index (χ0v) is 38.6. The maximum Gasteiger partial charge on any atom is 0.308 e. The van der Waals surface area contributed by atoms with Crippen molar-refractivity contribution in [2.24, 2.45) is 0 Å². The first-order chi connectivity index (χ1) is 32.4. The lowest BCUT2D eigenvalue weighted by Crippen LogP contribution is -2.55. The Morgan fingerprint density at radius 3 is 1.29 bits per heavy atom. The molecule has 2 fully saturated rings. The van der Waals surface area contributed by atoms with Crippen LogP contribution in [0.5, 0.6) is 23.0 Å². The van der Waals surface area contributed by atoms with Gasteiger partial charge < -0.3 is 61.3 Å². The van der Waals surface area contributed by atoms with Crippen molar-refractivity contribution < 1.29 is 109 Å². The minimum atomic E-state index is -1.93. The Kier molecular flexibility index (Phi) is 16.6. The number of carbonyl (C=O) groups excluding carboxylic acids is 10. The Morgan fingerprint density at radius 1 is 0.449 bits per heavy atom. The molecule has 3 heterocycles. The van der Waals surface area contributed by atoms with Crippen molar-refractivity contribution in [3.05, 3.63) is 45.6 Å². The van der Waals surface area contributed by atoms with Gasteiger partial charge in [-0.2, -0.15) is 0 Å². The summed E-state index contributed by atoms with van der Waals surface area (Å²) >= 11 is 0. The highest BCUT2D eigenvalue weighted by Crippen LogP contribution is 2.53. The van der Waals surface area contributed by atoms with Crippen LogP contribution in [0.2, 0.25) is 0 Å². The van der Waals surface area contributed by atoms with E-state index in [0.29, 0.717) is 0 Å². The van der Waals surface area contributed by atoms with Gasteiger partial charge in [0.05, 0.1) is 24.3 Å². The van der Waals surface area contributed by atoms with Crippen LogP contribution < -0.4 is 24.4 Å². The Morgan fingerprint density at radius 2 is 0.855 bits per heavy atom. The van der Waals surface area contributed by atoms with E-state index in [9.17, 15) is 52.7 Å². The summed E-state index contributed by atoms with van der Waals surface area (Å²) in [7, 11) is 0. The van der Waals surface area contributed by atoms with Gasteiger partial charge in [0.25, 0.3) is 0 Å². The van der Waals surface area contributed by atoms with Gasteiger partial charge in [-0.15, -0.1) is 0 Å². The topological polar surface area (TPSA) is 312 Å². The van der Waals surface area contributed by atoms with Crippen LogP contribution in [0.4, 0.5) is 0 Å². The molecule has 5 rings (SSSR count). The quantitative estimate of drug-likeness (QED) is 0.135. The average molecular weight is 971 g/mol.